The number of amides is 2. The highest BCUT2D eigenvalue weighted by atomic mass is 19.4. The van der Waals surface area contributed by atoms with E-state index < -0.39 is 17.6 Å². The highest BCUT2D eigenvalue weighted by molar-refractivity contribution is 6.07. The highest BCUT2D eigenvalue weighted by Crippen LogP contribution is 2.35. The van der Waals surface area contributed by atoms with Crippen LogP contribution in [0.4, 0.5) is 18.9 Å². The fraction of sp³-hybridized carbons (Fsp3) is 0.167. The van der Waals surface area contributed by atoms with E-state index in [1.54, 1.807) is 36.3 Å². The second-order valence-electron chi connectivity index (χ2n) is 10.9. The van der Waals surface area contributed by atoms with Gasteiger partial charge in [-0.1, -0.05) is 54.6 Å². The smallest absolute Gasteiger partial charge is 0.416 e. The van der Waals surface area contributed by atoms with Crippen LogP contribution in [0.3, 0.4) is 0 Å². The number of halogens is 3. The zero-order chi connectivity index (χ0) is 31.7. The Morgan fingerprint density at radius 3 is 2.40 bits per heavy atom. The summed E-state index contributed by atoms with van der Waals surface area (Å²) in [6, 6.07) is 29.3. The molecule has 45 heavy (non-hydrogen) atoms. The Balaban J connectivity index is 1.28. The van der Waals surface area contributed by atoms with Gasteiger partial charge >= 0.3 is 6.18 Å². The summed E-state index contributed by atoms with van der Waals surface area (Å²) >= 11 is 0. The minimum atomic E-state index is -4.47. The van der Waals surface area contributed by atoms with Gasteiger partial charge in [0.1, 0.15) is 11.4 Å². The van der Waals surface area contributed by atoms with Crippen LogP contribution in [-0.4, -0.2) is 23.5 Å². The zero-order valence-corrected chi connectivity index (χ0v) is 24.7. The van der Waals surface area contributed by atoms with Gasteiger partial charge in [-0.25, -0.2) is 0 Å². The van der Waals surface area contributed by atoms with Gasteiger partial charge in [0.25, 0.3) is 11.8 Å². The normalized spacial score (nSPS) is 12.6. The Kier molecular flexibility index (Phi) is 7.93. The number of hydrogen-bond acceptors (Lipinski definition) is 3. The Morgan fingerprint density at radius 1 is 0.844 bits per heavy atom. The average Bonchev–Trinajstić information content (AvgIpc) is 3.36. The van der Waals surface area contributed by atoms with E-state index in [1.807, 2.05) is 66.1 Å². The summed E-state index contributed by atoms with van der Waals surface area (Å²) in [7, 11) is 1.58. The van der Waals surface area contributed by atoms with Crippen LogP contribution >= 0.6 is 0 Å². The van der Waals surface area contributed by atoms with E-state index in [9.17, 15) is 22.8 Å². The number of alkyl halides is 3. The van der Waals surface area contributed by atoms with Crippen LogP contribution < -0.4 is 15.0 Å². The van der Waals surface area contributed by atoms with E-state index in [0.717, 1.165) is 45.8 Å². The summed E-state index contributed by atoms with van der Waals surface area (Å²) in [5, 5.41) is 2.75. The molecule has 0 bridgehead atoms. The molecule has 0 fully saturated rings. The number of rotatable bonds is 6. The van der Waals surface area contributed by atoms with E-state index >= 15 is 0 Å². The van der Waals surface area contributed by atoms with Gasteiger partial charge in [0.05, 0.1) is 25.8 Å². The van der Waals surface area contributed by atoms with Crippen molar-refractivity contribution in [1.29, 1.82) is 0 Å². The quantitative estimate of drug-likeness (QED) is 0.215. The molecule has 0 saturated heterocycles. The first-order valence-corrected chi connectivity index (χ1v) is 14.4. The van der Waals surface area contributed by atoms with E-state index in [2.05, 4.69) is 5.32 Å². The Labute approximate surface area is 258 Å². The first kappa shape index (κ1) is 29.7. The van der Waals surface area contributed by atoms with Gasteiger partial charge in [0, 0.05) is 29.1 Å². The molecule has 9 heteroatoms. The minimum absolute atomic E-state index is 0.0647. The largest absolute Gasteiger partial charge is 0.496 e. The molecule has 6 nitrogen and oxygen atoms in total. The molecule has 0 unspecified atom stereocenters. The van der Waals surface area contributed by atoms with Gasteiger partial charge in [-0.2, -0.15) is 13.2 Å². The van der Waals surface area contributed by atoms with Gasteiger partial charge in [-0.15, -0.1) is 0 Å². The van der Waals surface area contributed by atoms with Gasteiger partial charge in [0.2, 0.25) is 0 Å². The Bertz CT molecular complexity index is 1910. The lowest BCUT2D eigenvalue weighted by Gasteiger charge is -2.23. The summed E-state index contributed by atoms with van der Waals surface area (Å²) in [5.74, 6) is -0.0592. The number of carbonyl (C=O) groups excluding carboxylic acids is 2. The molecule has 0 atom stereocenters. The second-order valence-corrected chi connectivity index (χ2v) is 10.9. The zero-order valence-electron chi connectivity index (χ0n) is 24.7. The monoisotopic (exact) mass is 609 g/mol. The standard InChI is InChI=1S/C36H30F3N3O3/c1-23-8-3-5-12-29(23)30-16-14-25(19-33(30)45-2)35(44)42-22-28-15-17-32(41(28)21-26-10-4-6-13-31(26)42)34(43)40-20-24-9-7-11-27(18-24)36(37,38)39/h3-19H,20-22H2,1-2H3,(H,40,43). The molecule has 0 spiro atoms. The number of aromatic nitrogens is 1. The molecule has 1 aromatic heterocycles. The van der Waals surface area contributed by atoms with Gasteiger partial charge < -0.3 is 19.5 Å². The van der Waals surface area contributed by atoms with Crippen molar-refractivity contribution in [2.75, 3.05) is 12.0 Å². The van der Waals surface area contributed by atoms with Gasteiger partial charge in [-0.3, -0.25) is 9.59 Å². The third kappa shape index (κ3) is 5.93. The molecule has 1 N–H and O–H groups in total. The number of aryl methyl sites for hydroxylation is 1. The summed E-state index contributed by atoms with van der Waals surface area (Å²) in [6.45, 7) is 2.50. The predicted octanol–water partition coefficient (Wildman–Crippen LogP) is 7.63. The number of para-hydroxylation sites is 1. The van der Waals surface area contributed by atoms with Gasteiger partial charge in [-0.05, 0) is 77.7 Å². The number of hydrogen-bond donors (Lipinski definition) is 1. The molecule has 0 aliphatic carbocycles. The maximum absolute atomic E-state index is 14.1. The molecule has 228 valence electrons. The lowest BCUT2D eigenvalue weighted by molar-refractivity contribution is -0.137. The Hall–Kier alpha value is -5.31. The van der Waals surface area contributed by atoms with E-state index in [0.29, 0.717) is 29.1 Å². The van der Waals surface area contributed by atoms with E-state index in [4.69, 9.17) is 4.74 Å². The lowest BCUT2D eigenvalue weighted by Crippen LogP contribution is -2.30. The van der Waals surface area contributed by atoms with Crippen LogP contribution in [0.5, 0.6) is 5.75 Å². The molecular formula is C36H30F3N3O3. The summed E-state index contributed by atoms with van der Waals surface area (Å²) in [6.07, 6.45) is -4.47. The molecule has 0 radical (unpaired) electrons. The minimum Gasteiger partial charge on any atom is -0.496 e. The summed E-state index contributed by atoms with van der Waals surface area (Å²) in [5.41, 5.74) is 5.69. The topological polar surface area (TPSA) is 63.6 Å². The number of methoxy groups -OCH3 is 1. The average molecular weight is 610 g/mol. The molecule has 4 aromatic carbocycles. The number of fused-ring (bicyclic) bond motifs is 2. The highest BCUT2D eigenvalue weighted by Gasteiger charge is 2.31. The van der Waals surface area contributed by atoms with Gasteiger partial charge in [0.15, 0.2) is 0 Å². The van der Waals surface area contributed by atoms with Crippen LogP contribution in [0.2, 0.25) is 0 Å². The van der Waals surface area contributed by atoms with Crippen molar-refractivity contribution in [2.45, 2.75) is 32.7 Å². The molecule has 1 aliphatic heterocycles. The van der Waals surface area contributed by atoms with Crippen LogP contribution in [0.1, 0.15) is 48.8 Å². The molecule has 6 rings (SSSR count). The van der Waals surface area contributed by atoms with Crippen molar-refractivity contribution < 1.29 is 27.5 Å². The Morgan fingerprint density at radius 2 is 1.62 bits per heavy atom. The first-order chi connectivity index (χ1) is 21.6. The number of carbonyl (C=O) groups is 2. The third-order valence-corrected chi connectivity index (χ3v) is 8.07. The molecular weight excluding hydrogens is 579 g/mol. The van der Waals surface area contributed by atoms with Crippen molar-refractivity contribution in [1.82, 2.24) is 9.88 Å². The van der Waals surface area contributed by atoms with Crippen molar-refractivity contribution in [3.8, 4) is 16.9 Å². The number of nitrogens with zero attached hydrogens (tertiary/aromatic N) is 2. The van der Waals surface area contributed by atoms with Crippen LogP contribution in [0.25, 0.3) is 11.1 Å². The lowest BCUT2D eigenvalue weighted by atomic mass is 9.98. The van der Waals surface area contributed by atoms with Crippen molar-refractivity contribution in [2.24, 2.45) is 0 Å². The van der Waals surface area contributed by atoms with Crippen LogP contribution in [0.15, 0.2) is 103 Å². The SMILES string of the molecule is COc1cc(C(=O)N2Cc3ccc(C(=O)NCc4cccc(C(F)(F)F)c4)n3Cc3ccccc32)ccc1-c1ccccc1C. The number of ether oxygens (including phenoxy) is 1. The number of benzene rings is 4. The maximum atomic E-state index is 14.1. The number of nitrogens with one attached hydrogen (secondary N) is 1. The second kappa shape index (κ2) is 12.0. The third-order valence-electron chi connectivity index (χ3n) is 8.07. The van der Waals surface area contributed by atoms with Crippen molar-refractivity contribution >= 4 is 17.5 Å². The van der Waals surface area contributed by atoms with E-state index in [1.165, 1.54) is 12.1 Å². The number of anilines is 1. The fourth-order valence-electron chi connectivity index (χ4n) is 5.75. The van der Waals surface area contributed by atoms with E-state index in [-0.39, 0.29) is 19.0 Å². The molecule has 2 amide bonds. The first-order valence-electron chi connectivity index (χ1n) is 14.4. The van der Waals surface area contributed by atoms with Crippen molar-refractivity contribution in [3.63, 3.8) is 0 Å². The predicted molar refractivity (Wildman–Crippen MR) is 166 cm³/mol. The molecule has 0 saturated carbocycles. The van der Waals surface area contributed by atoms with Crippen LogP contribution in [0, 0.1) is 6.92 Å². The van der Waals surface area contributed by atoms with Crippen molar-refractivity contribution in [3.05, 3.63) is 142 Å². The summed E-state index contributed by atoms with van der Waals surface area (Å²) in [4.78, 5) is 29.1. The maximum Gasteiger partial charge on any atom is 0.416 e. The molecule has 5 aromatic rings. The summed E-state index contributed by atoms with van der Waals surface area (Å²) < 4.78 is 47.0. The molecule has 1 aliphatic rings. The van der Waals surface area contributed by atoms with Crippen LogP contribution in [-0.2, 0) is 25.8 Å². The fourth-order valence-corrected chi connectivity index (χ4v) is 5.75. The molecule has 2 heterocycles.